The molecule has 0 amide bonds. The molecule has 8 heteroatoms. The lowest BCUT2D eigenvalue weighted by Gasteiger charge is -2.24. The van der Waals surface area contributed by atoms with Gasteiger partial charge in [-0.2, -0.15) is 4.31 Å². The van der Waals surface area contributed by atoms with E-state index in [9.17, 15) is 17.6 Å². The van der Waals surface area contributed by atoms with E-state index in [-0.39, 0.29) is 16.5 Å². The van der Waals surface area contributed by atoms with Gasteiger partial charge in [-0.05, 0) is 38.1 Å². The normalized spacial score (nSPS) is 19.3. The molecule has 1 aromatic rings. The van der Waals surface area contributed by atoms with Gasteiger partial charge in [-0.25, -0.2) is 17.6 Å². The second-order valence-electron chi connectivity index (χ2n) is 5.10. The highest BCUT2D eigenvalue weighted by atomic mass is 32.2. The van der Waals surface area contributed by atoms with Crippen molar-refractivity contribution in [2.45, 2.75) is 23.8 Å². The van der Waals surface area contributed by atoms with Crippen LogP contribution in [0.15, 0.2) is 23.1 Å². The van der Waals surface area contributed by atoms with Crippen molar-refractivity contribution in [1.82, 2.24) is 9.62 Å². The van der Waals surface area contributed by atoms with E-state index < -0.39 is 21.8 Å². The van der Waals surface area contributed by atoms with Gasteiger partial charge in [-0.3, -0.25) is 0 Å². The zero-order valence-electron chi connectivity index (χ0n) is 12.5. The highest BCUT2D eigenvalue weighted by molar-refractivity contribution is 7.89. The number of nitrogens with one attached hydrogen (secondary N) is 1. The highest BCUT2D eigenvalue weighted by Gasteiger charge is 2.37. The average molecular weight is 330 g/mol. The number of esters is 1. The van der Waals surface area contributed by atoms with Gasteiger partial charge < -0.3 is 10.1 Å². The number of carbonyl (C=O) groups is 1. The number of methoxy groups -OCH3 is 1. The number of hydrogen-bond donors (Lipinski definition) is 1. The molecule has 1 aliphatic heterocycles. The van der Waals surface area contributed by atoms with E-state index in [1.807, 2.05) is 0 Å². The molecule has 0 spiro atoms. The van der Waals surface area contributed by atoms with Crippen LogP contribution in [0.5, 0.6) is 0 Å². The molecule has 2 rings (SSSR count). The summed E-state index contributed by atoms with van der Waals surface area (Å²) in [5.41, 5.74) is -0.154. The molecule has 0 aromatic heterocycles. The molecule has 1 unspecified atom stereocenters. The lowest BCUT2D eigenvalue weighted by atomic mass is 10.2. The van der Waals surface area contributed by atoms with Gasteiger partial charge in [0, 0.05) is 19.1 Å². The summed E-state index contributed by atoms with van der Waals surface area (Å²) in [4.78, 5) is 11.4. The average Bonchev–Trinajstić information content (AvgIpc) is 2.96. The quantitative estimate of drug-likeness (QED) is 0.815. The first-order chi connectivity index (χ1) is 10.4. The van der Waals surface area contributed by atoms with Crippen LogP contribution in [-0.2, 0) is 14.8 Å². The Kier molecular flexibility index (Phi) is 5.15. The Morgan fingerprint density at radius 1 is 1.50 bits per heavy atom. The predicted molar refractivity (Wildman–Crippen MR) is 78.6 cm³/mol. The van der Waals surface area contributed by atoms with Crippen molar-refractivity contribution in [3.8, 4) is 0 Å². The van der Waals surface area contributed by atoms with Crippen LogP contribution >= 0.6 is 0 Å². The van der Waals surface area contributed by atoms with Gasteiger partial charge in [-0.1, -0.05) is 0 Å². The van der Waals surface area contributed by atoms with E-state index in [2.05, 4.69) is 10.1 Å². The highest BCUT2D eigenvalue weighted by Crippen LogP contribution is 2.28. The molecule has 0 radical (unpaired) electrons. The topological polar surface area (TPSA) is 75.7 Å². The number of hydrogen-bond acceptors (Lipinski definition) is 5. The zero-order chi connectivity index (χ0) is 16.3. The fourth-order valence-corrected chi connectivity index (χ4v) is 4.57. The fourth-order valence-electron chi connectivity index (χ4n) is 2.68. The molecule has 0 bridgehead atoms. The summed E-state index contributed by atoms with van der Waals surface area (Å²) in [7, 11) is -1.07. The van der Waals surface area contributed by atoms with E-state index in [1.165, 1.54) is 4.31 Å². The van der Waals surface area contributed by atoms with Gasteiger partial charge in [0.2, 0.25) is 10.0 Å². The summed E-state index contributed by atoms with van der Waals surface area (Å²) in [6.45, 7) is 0.855. The summed E-state index contributed by atoms with van der Waals surface area (Å²) >= 11 is 0. The monoisotopic (exact) mass is 330 g/mol. The van der Waals surface area contributed by atoms with E-state index in [4.69, 9.17) is 0 Å². The third-order valence-corrected chi connectivity index (χ3v) is 5.69. The molecule has 6 nitrogen and oxygen atoms in total. The Hall–Kier alpha value is -1.51. The number of carbonyl (C=O) groups excluding carboxylic acids is 1. The SMILES string of the molecule is CNCC1CCCN1S(=O)(=O)c1cc(F)ccc1C(=O)OC. The minimum atomic E-state index is -3.97. The minimum Gasteiger partial charge on any atom is -0.465 e. The first kappa shape index (κ1) is 16.9. The predicted octanol–water partition coefficient (Wildman–Crippen LogP) is 0.985. The van der Waals surface area contributed by atoms with Crippen molar-refractivity contribution in [2.24, 2.45) is 0 Å². The van der Waals surface area contributed by atoms with Gasteiger partial charge in [0.15, 0.2) is 0 Å². The molecule has 1 heterocycles. The number of nitrogens with zero attached hydrogens (tertiary/aromatic N) is 1. The van der Waals surface area contributed by atoms with Crippen molar-refractivity contribution in [1.29, 1.82) is 0 Å². The van der Waals surface area contributed by atoms with Crippen LogP contribution in [0.3, 0.4) is 0 Å². The van der Waals surface area contributed by atoms with Crippen LogP contribution < -0.4 is 5.32 Å². The number of halogens is 1. The smallest absolute Gasteiger partial charge is 0.339 e. The first-order valence-corrected chi connectivity index (χ1v) is 8.40. The molecule has 22 heavy (non-hydrogen) atoms. The summed E-state index contributed by atoms with van der Waals surface area (Å²) in [6, 6.07) is 2.84. The Morgan fingerprint density at radius 3 is 2.86 bits per heavy atom. The van der Waals surface area contributed by atoms with Crippen molar-refractivity contribution in [3.05, 3.63) is 29.6 Å². The van der Waals surface area contributed by atoms with E-state index in [1.54, 1.807) is 7.05 Å². The maximum atomic E-state index is 13.5. The number of benzene rings is 1. The van der Waals surface area contributed by atoms with Crippen LogP contribution in [0.1, 0.15) is 23.2 Å². The van der Waals surface area contributed by atoms with Gasteiger partial charge in [-0.15, -0.1) is 0 Å². The number of sulfonamides is 1. The van der Waals surface area contributed by atoms with Crippen LogP contribution in [-0.4, -0.2) is 52.0 Å². The van der Waals surface area contributed by atoms with Crippen molar-refractivity contribution < 1.29 is 22.3 Å². The largest absolute Gasteiger partial charge is 0.465 e. The second-order valence-corrected chi connectivity index (χ2v) is 6.96. The molecular formula is C14H19FN2O4S. The maximum absolute atomic E-state index is 13.5. The van der Waals surface area contributed by atoms with E-state index >= 15 is 0 Å². The lowest BCUT2D eigenvalue weighted by molar-refractivity contribution is 0.0596. The van der Waals surface area contributed by atoms with E-state index in [0.717, 1.165) is 38.2 Å². The van der Waals surface area contributed by atoms with Crippen LogP contribution in [0, 0.1) is 5.82 Å². The zero-order valence-corrected chi connectivity index (χ0v) is 13.3. The molecular weight excluding hydrogens is 311 g/mol. The van der Waals surface area contributed by atoms with Gasteiger partial charge in [0.25, 0.3) is 0 Å². The molecule has 122 valence electrons. The Bertz CT molecular complexity index is 663. The molecule has 1 atom stereocenters. The number of rotatable bonds is 5. The first-order valence-electron chi connectivity index (χ1n) is 6.96. The second kappa shape index (κ2) is 6.72. The molecule has 1 N–H and O–H groups in total. The summed E-state index contributed by atoms with van der Waals surface area (Å²) < 4.78 is 45.1. The third kappa shape index (κ3) is 3.13. The minimum absolute atomic E-state index is 0.154. The van der Waals surface area contributed by atoms with Gasteiger partial charge in [0.1, 0.15) is 5.82 Å². The van der Waals surface area contributed by atoms with Crippen molar-refractivity contribution in [2.75, 3.05) is 27.2 Å². The molecule has 1 fully saturated rings. The summed E-state index contributed by atoms with van der Waals surface area (Å²) in [6.07, 6.45) is 1.46. The van der Waals surface area contributed by atoms with Gasteiger partial charge >= 0.3 is 5.97 Å². The molecule has 0 aliphatic carbocycles. The maximum Gasteiger partial charge on any atom is 0.339 e. The fraction of sp³-hybridized carbons (Fsp3) is 0.500. The summed E-state index contributed by atoms with van der Waals surface area (Å²) in [5, 5.41) is 2.95. The lowest BCUT2D eigenvalue weighted by Crippen LogP contribution is -2.41. The van der Waals surface area contributed by atoms with E-state index in [0.29, 0.717) is 13.1 Å². The third-order valence-electron chi connectivity index (χ3n) is 3.70. The number of likely N-dealkylation sites (N-methyl/N-ethyl adjacent to an activating group) is 1. The molecule has 0 saturated carbocycles. The van der Waals surface area contributed by atoms with Crippen molar-refractivity contribution >= 4 is 16.0 Å². The Labute approximate surface area is 129 Å². The van der Waals surface area contributed by atoms with Crippen molar-refractivity contribution in [3.63, 3.8) is 0 Å². The molecule has 1 aliphatic rings. The standard InChI is InChI=1S/C14H19FN2O4S/c1-16-9-11-4-3-7-17(11)22(19,20)13-8-10(15)5-6-12(13)14(18)21-2/h5-6,8,11,16H,3-4,7,9H2,1-2H3. The van der Waals surface area contributed by atoms with Gasteiger partial charge in [0.05, 0.1) is 17.6 Å². The molecule has 1 saturated heterocycles. The number of ether oxygens (including phenoxy) is 1. The Balaban J connectivity index is 2.49. The Morgan fingerprint density at radius 2 is 2.23 bits per heavy atom. The van der Waals surface area contributed by atoms with Crippen LogP contribution in [0.4, 0.5) is 4.39 Å². The molecule has 1 aromatic carbocycles. The van der Waals surface area contributed by atoms with Crippen LogP contribution in [0.2, 0.25) is 0 Å². The summed E-state index contributed by atoms with van der Waals surface area (Å²) in [5.74, 6) is -1.52. The van der Waals surface area contributed by atoms with Crippen LogP contribution in [0.25, 0.3) is 0 Å².